The van der Waals surface area contributed by atoms with Gasteiger partial charge in [-0.2, -0.15) is 0 Å². The molecular formula is C10H18N2O4. The van der Waals surface area contributed by atoms with Crippen molar-refractivity contribution in [2.24, 2.45) is 11.8 Å². The van der Waals surface area contributed by atoms with E-state index >= 15 is 0 Å². The van der Waals surface area contributed by atoms with E-state index in [-0.39, 0.29) is 24.8 Å². The van der Waals surface area contributed by atoms with Crippen molar-refractivity contribution in [1.82, 2.24) is 10.6 Å². The second kappa shape index (κ2) is 5.81. The Morgan fingerprint density at radius 1 is 1.50 bits per heavy atom. The van der Waals surface area contributed by atoms with Gasteiger partial charge in [0.25, 0.3) is 0 Å². The lowest BCUT2D eigenvalue weighted by Crippen LogP contribution is -2.36. The van der Waals surface area contributed by atoms with Gasteiger partial charge in [0.1, 0.15) is 0 Å². The predicted molar refractivity (Wildman–Crippen MR) is 56.8 cm³/mol. The lowest BCUT2D eigenvalue weighted by Gasteiger charge is -2.14. The Kier molecular flexibility index (Phi) is 4.70. The third-order valence-electron chi connectivity index (χ3n) is 2.86. The number of carboxylic acids is 1. The van der Waals surface area contributed by atoms with E-state index in [9.17, 15) is 9.59 Å². The highest BCUT2D eigenvalue weighted by atomic mass is 16.4. The monoisotopic (exact) mass is 230 g/mol. The molecule has 0 unspecified atom stereocenters. The first kappa shape index (κ1) is 12.9. The minimum Gasteiger partial charge on any atom is -0.479 e. The maximum absolute atomic E-state index is 11.6. The summed E-state index contributed by atoms with van der Waals surface area (Å²) >= 11 is 0. The van der Waals surface area contributed by atoms with Crippen LogP contribution in [0, 0.1) is 11.8 Å². The van der Waals surface area contributed by atoms with Gasteiger partial charge in [-0.05, 0) is 12.5 Å². The molecule has 6 heteroatoms. The van der Waals surface area contributed by atoms with E-state index in [0.717, 1.165) is 6.54 Å². The zero-order chi connectivity index (χ0) is 12.1. The Balaban J connectivity index is 2.22. The first-order chi connectivity index (χ1) is 7.52. The SMILES string of the molecule is C[C@@H]1CNC[C@H]1C(=O)NCC[C@H](O)C(=O)O. The zero-order valence-electron chi connectivity index (χ0n) is 9.27. The van der Waals surface area contributed by atoms with Crippen molar-refractivity contribution in [3.63, 3.8) is 0 Å². The molecule has 16 heavy (non-hydrogen) atoms. The normalized spacial score (nSPS) is 26.4. The number of amides is 1. The smallest absolute Gasteiger partial charge is 0.332 e. The lowest BCUT2D eigenvalue weighted by molar-refractivity contribution is -0.147. The molecule has 0 bridgehead atoms. The van der Waals surface area contributed by atoms with Gasteiger partial charge in [0.15, 0.2) is 6.10 Å². The molecular weight excluding hydrogens is 212 g/mol. The van der Waals surface area contributed by atoms with Gasteiger partial charge in [-0.25, -0.2) is 4.79 Å². The average Bonchev–Trinajstić information content (AvgIpc) is 2.64. The van der Waals surface area contributed by atoms with Gasteiger partial charge >= 0.3 is 5.97 Å². The fraction of sp³-hybridized carbons (Fsp3) is 0.800. The van der Waals surface area contributed by atoms with Crippen molar-refractivity contribution in [2.75, 3.05) is 19.6 Å². The summed E-state index contributed by atoms with van der Waals surface area (Å²) in [6.45, 7) is 3.68. The number of carboxylic acid groups (broad SMARTS) is 1. The molecule has 1 amide bonds. The highest BCUT2D eigenvalue weighted by molar-refractivity contribution is 5.79. The van der Waals surface area contributed by atoms with E-state index in [0.29, 0.717) is 12.5 Å². The number of aliphatic hydroxyl groups is 1. The molecule has 0 aromatic rings. The average molecular weight is 230 g/mol. The number of hydrogen-bond donors (Lipinski definition) is 4. The quantitative estimate of drug-likeness (QED) is 0.475. The van der Waals surface area contributed by atoms with E-state index in [2.05, 4.69) is 10.6 Å². The minimum atomic E-state index is -1.40. The molecule has 0 spiro atoms. The Bertz CT molecular complexity index is 270. The summed E-state index contributed by atoms with van der Waals surface area (Å²) in [5.41, 5.74) is 0. The number of hydrogen-bond acceptors (Lipinski definition) is 4. The molecule has 1 heterocycles. The topological polar surface area (TPSA) is 98.7 Å². The molecule has 6 nitrogen and oxygen atoms in total. The maximum atomic E-state index is 11.6. The van der Waals surface area contributed by atoms with Crippen molar-refractivity contribution in [1.29, 1.82) is 0 Å². The molecule has 4 N–H and O–H groups in total. The summed E-state index contributed by atoms with van der Waals surface area (Å²) in [7, 11) is 0. The van der Waals surface area contributed by atoms with Crippen LogP contribution in [0.25, 0.3) is 0 Å². The molecule has 0 saturated carbocycles. The molecule has 1 aliphatic heterocycles. The summed E-state index contributed by atoms with van der Waals surface area (Å²) in [4.78, 5) is 21.9. The van der Waals surface area contributed by atoms with E-state index in [1.165, 1.54) is 0 Å². The van der Waals surface area contributed by atoms with Gasteiger partial charge in [0.05, 0.1) is 5.92 Å². The summed E-state index contributed by atoms with van der Waals surface area (Å²) in [6.07, 6.45) is -1.37. The third kappa shape index (κ3) is 3.46. The van der Waals surface area contributed by atoms with E-state index < -0.39 is 12.1 Å². The van der Waals surface area contributed by atoms with Gasteiger partial charge in [-0.15, -0.1) is 0 Å². The molecule has 3 atom stereocenters. The molecule has 1 rings (SSSR count). The summed E-state index contributed by atoms with van der Waals surface area (Å²) in [5.74, 6) is -1.09. The summed E-state index contributed by atoms with van der Waals surface area (Å²) < 4.78 is 0. The molecule has 1 aliphatic rings. The van der Waals surface area contributed by atoms with Crippen molar-refractivity contribution in [3.05, 3.63) is 0 Å². The van der Waals surface area contributed by atoms with Crippen LogP contribution >= 0.6 is 0 Å². The van der Waals surface area contributed by atoms with Gasteiger partial charge in [-0.3, -0.25) is 4.79 Å². The molecule has 1 saturated heterocycles. The molecule has 1 fully saturated rings. The molecule has 0 radical (unpaired) electrons. The zero-order valence-corrected chi connectivity index (χ0v) is 9.27. The van der Waals surface area contributed by atoms with Gasteiger partial charge in [0, 0.05) is 19.5 Å². The van der Waals surface area contributed by atoms with E-state index in [1.807, 2.05) is 6.92 Å². The van der Waals surface area contributed by atoms with E-state index in [4.69, 9.17) is 10.2 Å². The van der Waals surface area contributed by atoms with Crippen LogP contribution in [0.5, 0.6) is 0 Å². The van der Waals surface area contributed by atoms with Gasteiger partial charge in [-0.1, -0.05) is 6.92 Å². The number of carbonyl (C=O) groups excluding carboxylic acids is 1. The summed E-state index contributed by atoms with van der Waals surface area (Å²) in [6, 6.07) is 0. The minimum absolute atomic E-state index is 0.0373. The van der Waals surface area contributed by atoms with Crippen molar-refractivity contribution in [2.45, 2.75) is 19.4 Å². The van der Waals surface area contributed by atoms with Crippen LogP contribution in [0.1, 0.15) is 13.3 Å². The van der Waals surface area contributed by atoms with Crippen molar-refractivity contribution >= 4 is 11.9 Å². The first-order valence-corrected chi connectivity index (χ1v) is 5.41. The molecule has 0 aromatic heterocycles. The van der Waals surface area contributed by atoms with Crippen LogP contribution in [-0.4, -0.2) is 47.8 Å². The first-order valence-electron chi connectivity index (χ1n) is 5.41. The fourth-order valence-electron chi connectivity index (χ4n) is 1.75. The molecule has 0 aromatic carbocycles. The molecule has 92 valence electrons. The third-order valence-corrected chi connectivity index (χ3v) is 2.86. The van der Waals surface area contributed by atoms with Gasteiger partial charge in [0.2, 0.25) is 5.91 Å². The highest BCUT2D eigenvalue weighted by Crippen LogP contribution is 2.15. The number of nitrogens with one attached hydrogen (secondary N) is 2. The van der Waals surface area contributed by atoms with Crippen LogP contribution in [0.15, 0.2) is 0 Å². The predicted octanol–water partition coefficient (Wildman–Crippen LogP) is -1.21. The second-order valence-corrected chi connectivity index (χ2v) is 4.18. The highest BCUT2D eigenvalue weighted by Gasteiger charge is 2.29. The number of aliphatic hydroxyl groups excluding tert-OH is 1. The van der Waals surface area contributed by atoms with E-state index in [1.54, 1.807) is 0 Å². The van der Waals surface area contributed by atoms with Crippen LogP contribution in [-0.2, 0) is 9.59 Å². The number of rotatable bonds is 5. The van der Waals surface area contributed by atoms with Crippen LogP contribution in [0.2, 0.25) is 0 Å². The largest absolute Gasteiger partial charge is 0.479 e. The van der Waals surface area contributed by atoms with Crippen LogP contribution in [0.3, 0.4) is 0 Å². The molecule has 0 aliphatic carbocycles. The lowest BCUT2D eigenvalue weighted by atomic mass is 9.97. The maximum Gasteiger partial charge on any atom is 0.332 e. The summed E-state index contributed by atoms with van der Waals surface area (Å²) in [5, 5.41) is 23.2. The fourth-order valence-corrected chi connectivity index (χ4v) is 1.75. The standard InChI is InChI=1S/C10H18N2O4/c1-6-4-11-5-7(6)9(14)12-3-2-8(13)10(15)16/h6-8,11,13H,2-5H2,1H3,(H,12,14)(H,15,16)/t6-,7-,8+/m1/s1. The van der Waals surface area contributed by atoms with Crippen LogP contribution < -0.4 is 10.6 Å². The van der Waals surface area contributed by atoms with Crippen molar-refractivity contribution in [3.8, 4) is 0 Å². The Labute approximate surface area is 94.0 Å². The number of carbonyl (C=O) groups is 2. The Morgan fingerprint density at radius 2 is 2.19 bits per heavy atom. The Hall–Kier alpha value is -1.14. The second-order valence-electron chi connectivity index (χ2n) is 4.18. The van der Waals surface area contributed by atoms with Crippen molar-refractivity contribution < 1.29 is 19.8 Å². The van der Waals surface area contributed by atoms with Crippen LogP contribution in [0.4, 0.5) is 0 Å². The van der Waals surface area contributed by atoms with Gasteiger partial charge < -0.3 is 20.8 Å². The Morgan fingerprint density at radius 3 is 2.69 bits per heavy atom. The number of aliphatic carboxylic acids is 1.